The van der Waals surface area contributed by atoms with Crippen LogP contribution in [-0.4, -0.2) is 46.2 Å². The van der Waals surface area contributed by atoms with E-state index in [9.17, 15) is 8.42 Å². The molecule has 0 radical (unpaired) electrons. The summed E-state index contributed by atoms with van der Waals surface area (Å²) in [4.78, 5) is 8.48. The van der Waals surface area contributed by atoms with Gasteiger partial charge in [-0.2, -0.15) is 5.10 Å². The largest absolute Gasteiger partial charge is 0.369 e. The van der Waals surface area contributed by atoms with Gasteiger partial charge in [0.25, 0.3) is 0 Å². The van der Waals surface area contributed by atoms with Crippen molar-refractivity contribution in [3.05, 3.63) is 12.5 Å². The highest BCUT2D eigenvalue weighted by molar-refractivity contribution is 7.91. The van der Waals surface area contributed by atoms with E-state index in [4.69, 9.17) is 0 Å². The Kier molecular flexibility index (Phi) is 3.33. The lowest BCUT2D eigenvalue weighted by Crippen LogP contribution is -2.13. The Labute approximate surface area is 117 Å². The van der Waals surface area contributed by atoms with E-state index in [2.05, 4.69) is 27.3 Å². The van der Waals surface area contributed by atoms with Gasteiger partial charge in [-0.15, -0.1) is 0 Å². The molecule has 0 saturated carbocycles. The normalized spacial score (nSPS) is 21.4. The van der Waals surface area contributed by atoms with Crippen LogP contribution in [0, 0.1) is 0 Å². The molecular weight excluding hydrogens is 278 g/mol. The predicted molar refractivity (Wildman–Crippen MR) is 76.4 cm³/mol. The Morgan fingerprint density at radius 1 is 1.45 bits per heavy atom. The van der Waals surface area contributed by atoms with Crippen molar-refractivity contribution in [1.82, 2.24) is 19.7 Å². The minimum Gasteiger partial charge on any atom is -0.369 e. The molecule has 0 aromatic carbocycles. The van der Waals surface area contributed by atoms with Crippen molar-refractivity contribution >= 4 is 26.7 Å². The fourth-order valence-corrected chi connectivity index (χ4v) is 4.17. The fraction of sp³-hybridized carbons (Fsp3) is 0.583. The third-order valence-corrected chi connectivity index (χ3v) is 5.24. The first-order valence-electron chi connectivity index (χ1n) is 6.73. The second kappa shape index (κ2) is 5.01. The molecule has 0 spiro atoms. The summed E-state index contributed by atoms with van der Waals surface area (Å²) >= 11 is 0. The van der Waals surface area contributed by atoms with E-state index >= 15 is 0 Å². The standard InChI is InChI=1S/C12H17N5O2S/c1-2-4-13-11-10-6-16-17(12(10)15-8-14-11)9-3-5-20(18,19)7-9/h6,8-9H,2-5,7H2,1H3,(H,13,14,15). The lowest BCUT2D eigenvalue weighted by molar-refractivity contribution is 0.512. The van der Waals surface area contributed by atoms with E-state index in [0.29, 0.717) is 12.1 Å². The number of sulfone groups is 1. The average Bonchev–Trinajstić information content (AvgIpc) is 2.99. The van der Waals surface area contributed by atoms with Crippen LogP contribution in [0.3, 0.4) is 0 Å². The zero-order valence-corrected chi connectivity index (χ0v) is 12.1. The van der Waals surface area contributed by atoms with Crippen LogP contribution in [0.5, 0.6) is 0 Å². The molecule has 108 valence electrons. The van der Waals surface area contributed by atoms with Crippen molar-refractivity contribution in [2.45, 2.75) is 25.8 Å². The van der Waals surface area contributed by atoms with E-state index < -0.39 is 9.84 Å². The highest BCUT2D eigenvalue weighted by atomic mass is 32.2. The Hall–Kier alpha value is -1.70. The van der Waals surface area contributed by atoms with Gasteiger partial charge < -0.3 is 5.32 Å². The Morgan fingerprint density at radius 2 is 2.30 bits per heavy atom. The van der Waals surface area contributed by atoms with Gasteiger partial charge in [-0.05, 0) is 12.8 Å². The molecule has 7 nitrogen and oxygen atoms in total. The maximum atomic E-state index is 11.6. The first-order valence-corrected chi connectivity index (χ1v) is 8.55. The highest BCUT2D eigenvalue weighted by Crippen LogP contribution is 2.27. The minimum atomic E-state index is -2.93. The van der Waals surface area contributed by atoms with E-state index in [1.807, 2.05) is 0 Å². The molecule has 1 N–H and O–H groups in total. The molecule has 1 unspecified atom stereocenters. The van der Waals surface area contributed by atoms with Crippen LogP contribution in [0.1, 0.15) is 25.8 Å². The van der Waals surface area contributed by atoms with Gasteiger partial charge in [-0.25, -0.2) is 23.1 Å². The molecule has 1 atom stereocenters. The first kappa shape index (κ1) is 13.3. The maximum Gasteiger partial charge on any atom is 0.163 e. The highest BCUT2D eigenvalue weighted by Gasteiger charge is 2.31. The third kappa shape index (κ3) is 2.35. The van der Waals surface area contributed by atoms with Crippen LogP contribution in [-0.2, 0) is 9.84 Å². The van der Waals surface area contributed by atoms with E-state index in [-0.39, 0.29) is 17.5 Å². The quantitative estimate of drug-likeness (QED) is 0.905. The molecule has 1 saturated heterocycles. The first-order chi connectivity index (χ1) is 9.61. The lowest BCUT2D eigenvalue weighted by Gasteiger charge is -2.09. The molecule has 0 aliphatic carbocycles. The molecule has 2 aromatic rings. The molecular formula is C12H17N5O2S. The zero-order valence-electron chi connectivity index (χ0n) is 11.3. The number of rotatable bonds is 4. The zero-order chi connectivity index (χ0) is 14.2. The lowest BCUT2D eigenvalue weighted by atomic mass is 10.2. The number of nitrogens with zero attached hydrogens (tertiary/aromatic N) is 4. The summed E-state index contributed by atoms with van der Waals surface area (Å²) in [5.74, 6) is 1.13. The summed E-state index contributed by atoms with van der Waals surface area (Å²) in [7, 11) is -2.93. The number of nitrogens with one attached hydrogen (secondary N) is 1. The second-order valence-corrected chi connectivity index (χ2v) is 7.26. The Bertz CT molecular complexity index is 725. The van der Waals surface area contributed by atoms with Crippen LogP contribution >= 0.6 is 0 Å². The molecule has 0 bridgehead atoms. The van der Waals surface area contributed by atoms with Gasteiger partial charge in [0.2, 0.25) is 0 Å². The fourth-order valence-electron chi connectivity index (χ4n) is 2.48. The molecule has 1 fully saturated rings. The number of fused-ring (bicyclic) bond motifs is 1. The van der Waals surface area contributed by atoms with Gasteiger partial charge in [-0.1, -0.05) is 6.92 Å². The molecule has 8 heteroatoms. The number of hydrogen-bond donors (Lipinski definition) is 1. The molecule has 3 rings (SSSR count). The summed E-state index contributed by atoms with van der Waals surface area (Å²) in [6.45, 7) is 2.91. The van der Waals surface area contributed by atoms with E-state index in [1.54, 1.807) is 10.9 Å². The number of hydrogen-bond acceptors (Lipinski definition) is 6. The van der Waals surface area contributed by atoms with Crippen molar-refractivity contribution in [3.63, 3.8) is 0 Å². The topological polar surface area (TPSA) is 89.8 Å². The Morgan fingerprint density at radius 3 is 3.00 bits per heavy atom. The van der Waals surface area contributed by atoms with E-state index in [0.717, 1.165) is 24.2 Å². The van der Waals surface area contributed by atoms with Crippen LogP contribution in [0.4, 0.5) is 5.82 Å². The SMILES string of the molecule is CCCNc1ncnc2c1cnn2C1CCS(=O)(=O)C1. The van der Waals surface area contributed by atoms with Crippen LogP contribution in [0.2, 0.25) is 0 Å². The van der Waals surface area contributed by atoms with Crippen molar-refractivity contribution in [2.24, 2.45) is 0 Å². The van der Waals surface area contributed by atoms with Gasteiger partial charge in [-0.3, -0.25) is 0 Å². The van der Waals surface area contributed by atoms with Gasteiger partial charge in [0.1, 0.15) is 12.1 Å². The smallest absolute Gasteiger partial charge is 0.163 e. The molecule has 1 aliphatic heterocycles. The number of aromatic nitrogens is 4. The predicted octanol–water partition coefficient (Wildman–Crippen LogP) is 1.01. The third-order valence-electron chi connectivity index (χ3n) is 3.49. The summed E-state index contributed by atoms with van der Waals surface area (Å²) in [5.41, 5.74) is 0.695. The van der Waals surface area contributed by atoms with Gasteiger partial charge in [0, 0.05) is 6.54 Å². The van der Waals surface area contributed by atoms with Crippen molar-refractivity contribution in [2.75, 3.05) is 23.4 Å². The molecule has 0 amide bonds. The monoisotopic (exact) mass is 295 g/mol. The molecule has 3 heterocycles. The van der Waals surface area contributed by atoms with Crippen LogP contribution in [0.25, 0.3) is 11.0 Å². The Balaban J connectivity index is 1.98. The summed E-state index contributed by atoms with van der Waals surface area (Å²) in [5, 5.41) is 8.39. The van der Waals surface area contributed by atoms with Crippen molar-refractivity contribution in [1.29, 1.82) is 0 Å². The van der Waals surface area contributed by atoms with E-state index in [1.165, 1.54) is 6.33 Å². The average molecular weight is 295 g/mol. The minimum absolute atomic E-state index is 0.119. The molecule has 1 aliphatic rings. The van der Waals surface area contributed by atoms with Gasteiger partial charge in [0.15, 0.2) is 15.5 Å². The summed E-state index contributed by atoms with van der Waals surface area (Å²) < 4.78 is 24.9. The van der Waals surface area contributed by atoms with Crippen LogP contribution in [0.15, 0.2) is 12.5 Å². The van der Waals surface area contributed by atoms with Crippen molar-refractivity contribution in [3.8, 4) is 0 Å². The van der Waals surface area contributed by atoms with Crippen molar-refractivity contribution < 1.29 is 8.42 Å². The summed E-state index contributed by atoms with van der Waals surface area (Å²) in [6.07, 6.45) is 4.79. The second-order valence-electron chi connectivity index (χ2n) is 5.03. The maximum absolute atomic E-state index is 11.6. The summed E-state index contributed by atoms with van der Waals surface area (Å²) in [6, 6.07) is -0.119. The van der Waals surface area contributed by atoms with Gasteiger partial charge in [0.05, 0.1) is 29.1 Å². The molecule has 20 heavy (non-hydrogen) atoms. The van der Waals surface area contributed by atoms with Gasteiger partial charge >= 0.3 is 0 Å². The number of anilines is 1. The van der Waals surface area contributed by atoms with Crippen LogP contribution < -0.4 is 5.32 Å². The molecule has 2 aromatic heterocycles.